The van der Waals surface area contributed by atoms with Crippen LogP contribution in [0.5, 0.6) is 6.01 Å². The molecular weight excluding hydrogens is 282 g/mol. The maximum atomic E-state index is 5.78. The first-order chi connectivity index (χ1) is 8.24. The van der Waals surface area contributed by atoms with Gasteiger partial charge in [0, 0.05) is 13.1 Å². The highest BCUT2D eigenvalue weighted by molar-refractivity contribution is 9.10. The minimum Gasteiger partial charge on any atom is -0.460 e. The van der Waals surface area contributed by atoms with Crippen LogP contribution in [0.1, 0.15) is 31.4 Å². The summed E-state index contributed by atoms with van der Waals surface area (Å²) in [6.07, 6.45) is 5.11. The van der Waals surface area contributed by atoms with E-state index in [1.165, 1.54) is 12.8 Å². The lowest BCUT2D eigenvalue weighted by Crippen LogP contribution is -2.38. The molecule has 4 nitrogen and oxygen atoms in total. The third-order valence-corrected chi connectivity index (χ3v) is 4.39. The molecule has 0 spiro atoms. The highest BCUT2D eigenvalue weighted by Gasteiger charge is 2.24. The molecule has 0 unspecified atom stereocenters. The van der Waals surface area contributed by atoms with Gasteiger partial charge in [-0.2, -0.15) is 9.97 Å². The molecule has 1 aromatic heterocycles. The van der Waals surface area contributed by atoms with Crippen LogP contribution in [0.3, 0.4) is 0 Å². The maximum Gasteiger partial charge on any atom is 0.318 e. The fourth-order valence-corrected chi connectivity index (χ4v) is 2.38. The average molecular weight is 298 g/mol. The lowest BCUT2D eigenvalue weighted by molar-refractivity contribution is 0.108. The normalized spacial score (nSPS) is 19.8. The van der Waals surface area contributed by atoms with Crippen molar-refractivity contribution in [2.45, 2.75) is 38.7 Å². The molecule has 0 N–H and O–H groups in total. The van der Waals surface area contributed by atoms with Gasteiger partial charge >= 0.3 is 6.01 Å². The van der Waals surface area contributed by atoms with Crippen molar-refractivity contribution in [2.24, 2.45) is 0 Å². The topological polar surface area (TPSA) is 38.3 Å². The summed E-state index contributed by atoms with van der Waals surface area (Å²) in [6, 6.07) is 0.539. The second kappa shape index (κ2) is 4.44. The molecular formula is C12H16BrN3O. The Morgan fingerprint density at radius 2 is 2.00 bits per heavy atom. The van der Waals surface area contributed by atoms with Crippen LogP contribution in [0.4, 0.5) is 5.82 Å². The Morgan fingerprint density at radius 1 is 1.24 bits per heavy atom. The molecule has 2 fully saturated rings. The maximum absolute atomic E-state index is 5.78. The summed E-state index contributed by atoms with van der Waals surface area (Å²) in [4.78, 5) is 11.2. The van der Waals surface area contributed by atoms with Gasteiger partial charge in [-0.3, -0.25) is 0 Å². The van der Waals surface area contributed by atoms with E-state index in [4.69, 9.17) is 4.74 Å². The van der Waals surface area contributed by atoms with E-state index in [-0.39, 0.29) is 0 Å². The van der Waals surface area contributed by atoms with Gasteiger partial charge in [-0.15, -0.1) is 0 Å². The van der Waals surface area contributed by atoms with Gasteiger partial charge in [0.2, 0.25) is 0 Å². The molecule has 1 saturated carbocycles. The molecule has 5 heteroatoms. The Hall–Kier alpha value is -0.840. The number of aryl methyl sites for hydroxylation is 1. The summed E-state index contributed by atoms with van der Waals surface area (Å²) in [5.74, 6) is 0.984. The number of ether oxygens (including phenoxy) is 1. The molecule has 1 saturated heterocycles. The first kappa shape index (κ1) is 11.3. The zero-order chi connectivity index (χ0) is 11.8. The number of aromatic nitrogens is 2. The van der Waals surface area contributed by atoms with Crippen molar-refractivity contribution in [3.8, 4) is 6.01 Å². The second-order valence-corrected chi connectivity index (χ2v) is 5.53. The Balaban J connectivity index is 1.85. The minimum atomic E-state index is 0.333. The molecule has 0 radical (unpaired) electrons. The lowest BCUT2D eigenvalue weighted by atomic mass is 9.96. The van der Waals surface area contributed by atoms with Crippen LogP contribution in [0.2, 0.25) is 0 Å². The Morgan fingerprint density at radius 3 is 2.53 bits per heavy atom. The molecule has 0 bridgehead atoms. The van der Waals surface area contributed by atoms with E-state index in [2.05, 4.69) is 30.8 Å². The predicted molar refractivity (Wildman–Crippen MR) is 69.6 cm³/mol. The van der Waals surface area contributed by atoms with Crippen molar-refractivity contribution < 1.29 is 4.74 Å². The van der Waals surface area contributed by atoms with Crippen molar-refractivity contribution in [1.29, 1.82) is 0 Å². The molecule has 3 rings (SSSR count). The largest absolute Gasteiger partial charge is 0.460 e. The Bertz CT molecular complexity index is 430. The first-order valence-corrected chi connectivity index (χ1v) is 6.99. The van der Waals surface area contributed by atoms with E-state index < -0.39 is 0 Å². The van der Waals surface area contributed by atoms with Crippen molar-refractivity contribution in [2.75, 3.05) is 18.0 Å². The zero-order valence-electron chi connectivity index (χ0n) is 9.95. The molecule has 1 aliphatic carbocycles. The summed E-state index contributed by atoms with van der Waals surface area (Å²) in [6.45, 7) is 4.15. The molecule has 1 aliphatic heterocycles. The molecule has 0 atom stereocenters. The number of rotatable bonds is 3. The third kappa shape index (κ3) is 2.12. The smallest absolute Gasteiger partial charge is 0.318 e. The SMILES string of the molecule is Cc1nc(OC2CCC2)nc(N2CCC2)c1Br. The predicted octanol–water partition coefficient (Wildman–Crippen LogP) is 2.69. The van der Waals surface area contributed by atoms with Gasteiger partial charge in [-0.25, -0.2) is 0 Å². The van der Waals surface area contributed by atoms with Gasteiger partial charge in [0.15, 0.2) is 5.82 Å². The summed E-state index contributed by atoms with van der Waals surface area (Å²) in [5, 5.41) is 0. The molecule has 2 heterocycles. The highest BCUT2D eigenvalue weighted by atomic mass is 79.9. The quantitative estimate of drug-likeness (QED) is 0.860. The van der Waals surface area contributed by atoms with Gasteiger partial charge in [-0.05, 0) is 48.5 Å². The van der Waals surface area contributed by atoms with Gasteiger partial charge in [0.25, 0.3) is 0 Å². The number of halogens is 1. The van der Waals surface area contributed by atoms with Crippen molar-refractivity contribution in [3.63, 3.8) is 0 Å². The fourth-order valence-electron chi connectivity index (χ4n) is 1.95. The van der Waals surface area contributed by atoms with Crippen molar-refractivity contribution in [3.05, 3.63) is 10.2 Å². The van der Waals surface area contributed by atoms with Gasteiger partial charge in [-0.1, -0.05) is 0 Å². The van der Waals surface area contributed by atoms with Crippen LogP contribution >= 0.6 is 15.9 Å². The summed E-state index contributed by atoms with van der Waals surface area (Å²) < 4.78 is 6.77. The van der Waals surface area contributed by atoms with Crippen LogP contribution < -0.4 is 9.64 Å². The van der Waals surface area contributed by atoms with E-state index in [9.17, 15) is 0 Å². The zero-order valence-corrected chi connectivity index (χ0v) is 11.5. The molecule has 92 valence electrons. The van der Waals surface area contributed by atoms with Crippen LogP contribution in [0, 0.1) is 6.92 Å². The van der Waals surface area contributed by atoms with Crippen LogP contribution in [0.15, 0.2) is 4.47 Å². The Kier molecular flexibility index (Phi) is 2.94. The summed E-state index contributed by atoms with van der Waals surface area (Å²) >= 11 is 3.56. The number of hydrogen-bond donors (Lipinski definition) is 0. The fraction of sp³-hybridized carbons (Fsp3) is 0.667. The van der Waals surface area contributed by atoms with E-state index >= 15 is 0 Å². The van der Waals surface area contributed by atoms with E-state index in [0.717, 1.165) is 41.9 Å². The van der Waals surface area contributed by atoms with Gasteiger partial charge in [0.05, 0.1) is 10.2 Å². The van der Waals surface area contributed by atoms with Gasteiger partial charge in [0.1, 0.15) is 6.10 Å². The second-order valence-electron chi connectivity index (χ2n) is 4.74. The van der Waals surface area contributed by atoms with Crippen LogP contribution in [0.25, 0.3) is 0 Å². The summed E-state index contributed by atoms with van der Waals surface area (Å²) in [5.41, 5.74) is 0.955. The standard InChI is InChI=1S/C12H16BrN3O/c1-8-10(13)11(16-6-3-7-16)15-12(14-8)17-9-4-2-5-9/h9H,2-7H2,1H3. The first-order valence-electron chi connectivity index (χ1n) is 6.20. The average Bonchev–Trinajstić information content (AvgIpc) is 2.16. The third-order valence-electron chi connectivity index (χ3n) is 3.46. The Labute approximate surface area is 110 Å². The minimum absolute atomic E-state index is 0.333. The van der Waals surface area contributed by atoms with Crippen LogP contribution in [-0.4, -0.2) is 29.2 Å². The molecule has 1 aromatic rings. The van der Waals surface area contributed by atoms with Crippen molar-refractivity contribution >= 4 is 21.7 Å². The molecule has 2 aliphatic rings. The molecule has 17 heavy (non-hydrogen) atoms. The van der Waals surface area contributed by atoms with Crippen LogP contribution in [-0.2, 0) is 0 Å². The number of nitrogens with zero attached hydrogens (tertiary/aromatic N) is 3. The lowest BCUT2D eigenvalue weighted by Gasteiger charge is -2.33. The van der Waals surface area contributed by atoms with E-state index in [1.54, 1.807) is 0 Å². The molecule has 0 amide bonds. The van der Waals surface area contributed by atoms with E-state index in [1.807, 2.05) is 6.92 Å². The van der Waals surface area contributed by atoms with Gasteiger partial charge < -0.3 is 9.64 Å². The number of anilines is 1. The summed E-state index contributed by atoms with van der Waals surface area (Å²) in [7, 11) is 0. The number of hydrogen-bond acceptors (Lipinski definition) is 4. The highest BCUT2D eigenvalue weighted by Crippen LogP contribution is 2.32. The monoisotopic (exact) mass is 297 g/mol. The van der Waals surface area contributed by atoms with Crippen molar-refractivity contribution in [1.82, 2.24) is 9.97 Å². The van der Waals surface area contributed by atoms with E-state index in [0.29, 0.717) is 12.1 Å². The molecule has 0 aromatic carbocycles.